The fraction of sp³-hybridized carbons (Fsp3) is 0.946. The smallest absolute Gasteiger partial charge is 0.311 e. The van der Waals surface area contributed by atoms with Crippen molar-refractivity contribution >= 4 is 11.9 Å². The molecule has 0 aromatic carbocycles. The van der Waals surface area contributed by atoms with E-state index in [2.05, 4.69) is 46.7 Å². The van der Waals surface area contributed by atoms with Crippen LogP contribution < -0.4 is 0 Å². The number of unbranched alkanes of at least 4 members (excludes halogenated alkanes) is 2. The van der Waals surface area contributed by atoms with Gasteiger partial charge in [0, 0.05) is 24.3 Å². The Kier molecular flexibility index (Phi) is 14.0. The third-order valence-electron chi connectivity index (χ3n) is 11.5. The summed E-state index contributed by atoms with van der Waals surface area (Å²) in [6.45, 7) is 12.6. The van der Waals surface area contributed by atoms with Crippen molar-refractivity contribution in [2.24, 2.45) is 23.7 Å². The third kappa shape index (κ3) is 9.67. The zero-order chi connectivity index (χ0) is 32.7. The number of hydrogen-bond acceptors (Lipinski definition) is 8. The number of ether oxygens (including phenoxy) is 5. The fourth-order valence-corrected chi connectivity index (χ4v) is 8.31. The number of fused-ring (bicyclic) bond motifs is 4. The van der Waals surface area contributed by atoms with Crippen LogP contribution in [-0.2, 0) is 33.3 Å². The molecule has 4 bridgehead atoms. The van der Waals surface area contributed by atoms with Crippen molar-refractivity contribution in [2.45, 2.75) is 186 Å². The Labute approximate surface area is 274 Å². The van der Waals surface area contributed by atoms with Gasteiger partial charge in [-0.25, -0.2) is 0 Å². The minimum atomic E-state index is -0.365. The van der Waals surface area contributed by atoms with Crippen LogP contribution in [0, 0.1) is 23.7 Å². The fourth-order valence-electron chi connectivity index (χ4n) is 8.31. The zero-order valence-electron chi connectivity index (χ0n) is 29.7. The van der Waals surface area contributed by atoms with Crippen LogP contribution in [0.1, 0.15) is 131 Å². The second-order valence-electron chi connectivity index (χ2n) is 15.2. The summed E-state index contributed by atoms with van der Waals surface area (Å²) < 4.78 is 32.4. The Morgan fingerprint density at radius 2 is 1.42 bits per heavy atom. The lowest BCUT2D eigenvalue weighted by Gasteiger charge is -2.36. The molecule has 0 aliphatic carbocycles. The molecule has 4 heterocycles. The average molecular weight is 636 g/mol. The van der Waals surface area contributed by atoms with Crippen molar-refractivity contribution < 1.29 is 33.3 Å². The number of carbonyl (C=O) groups is 2. The van der Waals surface area contributed by atoms with Crippen molar-refractivity contribution in [1.29, 1.82) is 0 Å². The predicted octanol–water partition coefficient (Wildman–Crippen LogP) is 7.10. The van der Waals surface area contributed by atoms with Crippen molar-refractivity contribution in [2.75, 3.05) is 14.1 Å². The molecule has 13 atom stereocenters. The van der Waals surface area contributed by atoms with E-state index >= 15 is 0 Å². The van der Waals surface area contributed by atoms with E-state index in [-0.39, 0.29) is 84.4 Å². The maximum atomic E-state index is 13.8. The van der Waals surface area contributed by atoms with Gasteiger partial charge in [0.1, 0.15) is 12.2 Å². The van der Waals surface area contributed by atoms with Crippen molar-refractivity contribution in [3.05, 3.63) is 0 Å². The highest BCUT2D eigenvalue weighted by molar-refractivity contribution is 5.73. The molecule has 0 radical (unpaired) electrons. The first-order valence-corrected chi connectivity index (χ1v) is 18.6. The van der Waals surface area contributed by atoms with Crippen LogP contribution in [-0.4, -0.2) is 85.8 Å². The third-order valence-corrected chi connectivity index (χ3v) is 11.5. The first-order chi connectivity index (χ1) is 21.5. The maximum Gasteiger partial charge on any atom is 0.311 e. The maximum absolute atomic E-state index is 13.8. The minimum Gasteiger partial charge on any atom is -0.462 e. The topological polar surface area (TPSA) is 83.5 Å². The van der Waals surface area contributed by atoms with Gasteiger partial charge >= 0.3 is 11.9 Å². The van der Waals surface area contributed by atoms with Crippen LogP contribution in [0.25, 0.3) is 0 Å². The monoisotopic (exact) mass is 635 g/mol. The first kappa shape index (κ1) is 36.6. The molecule has 4 rings (SSSR count). The highest BCUT2D eigenvalue weighted by Gasteiger charge is 2.46. The van der Waals surface area contributed by atoms with Crippen LogP contribution in [0.4, 0.5) is 0 Å². The SMILES string of the molecule is CCCCCC(CC1CCC(C(C)C2OC(=O)C(C)C3CCC(CC(CCC)OC(=O)C(C)C4CCC(O4)C2C)O3)O1)N(C)C. The average Bonchev–Trinajstić information content (AvgIpc) is 3.79. The van der Waals surface area contributed by atoms with Gasteiger partial charge in [0.15, 0.2) is 0 Å². The van der Waals surface area contributed by atoms with E-state index in [1.807, 2.05) is 13.8 Å². The number of esters is 2. The summed E-state index contributed by atoms with van der Waals surface area (Å²) in [6, 6.07) is 0.515. The Morgan fingerprint density at radius 1 is 0.756 bits per heavy atom. The number of nitrogens with zero attached hydrogens (tertiary/aromatic N) is 1. The van der Waals surface area contributed by atoms with Gasteiger partial charge in [0.05, 0.1) is 48.5 Å². The van der Waals surface area contributed by atoms with Crippen LogP contribution in [0.15, 0.2) is 0 Å². The Hall–Kier alpha value is -1.22. The normalized spacial score (nSPS) is 39.5. The van der Waals surface area contributed by atoms with E-state index in [0.29, 0.717) is 12.5 Å². The molecule has 13 unspecified atom stereocenters. The second kappa shape index (κ2) is 17.3. The molecule has 0 aromatic heterocycles. The molecule has 260 valence electrons. The van der Waals surface area contributed by atoms with Crippen molar-refractivity contribution in [1.82, 2.24) is 4.90 Å². The lowest BCUT2D eigenvalue weighted by molar-refractivity contribution is -0.175. The van der Waals surface area contributed by atoms with Gasteiger partial charge in [0.2, 0.25) is 0 Å². The molecule has 0 amide bonds. The van der Waals surface area contributed by atoms with Gasteiger partial charge in [-0.1, -0.05) is 53.4 Å². The van der Waals surface area contributed by atoms with Gasteiger partial charge in [0.25, 0.3) is 0 Å². The van der Waals surface area contributed by atoms with Crippen LogP contribution in [0.3, 0.4) is 0 Å². The molecule has 4 saturated heterocycles. The Bertz CT molecular complexity index is 928. The largest absolute Gasteiger partial charge is 0.462 e. The van der Waals surface area contributed by atoms with E-state index < -0.39 is 0 Å². The van der Waals surface area contributed by atoms with E-state index in [1.165, 1.54) is 25.7 Å². The summed E-state index contributed by atoms with van der Waals surface area (Å²) >= 11 is 0. The first-order valence-electron chi connectivity index (χ1n) is 18.6. The highest BCUT2D eigenvalue weighted by atomic mass is 16.6. The molecule has 0 spiro atoms. The summed E-state index contributed by atoms with van der Waals surface area (Å²) in [5.74, 6) is -1.08. The number of hydrogen-bond donors (Lipinski definition) is 0. The Morgan fingerprint density at radius 3 is 2.11 bits per heavy atom. The van der Waals surface area contributed by atoms with Gasteiger partial charge < -0.3 is 28.6 Å². The summed E-state index contributed by atoms with van der Waals surface area (Å²) in [6.07, 6.45) is 13.0. The zero-order valence-corrected chi connectivity index (χ0v) is 29.7. The van der Waals surface area contributed by atoms with Gasteiger partial charge in [-0.2, -0.15) is 0 Å². The van der Waals surface area contributed by atoms with Crippen LogP contribution in [0.5, 0.6) is 0 Å². The summed E-state index contributed by atoms with van der Waals surface area (Å²) in [7, 11) is 4.37. The predicted molar refractivity (Wildman–Crippen MR) is 176 cm³/mol. The highest BCUT2D eigenvalue weighted by Crippen LogP contribution is 2.39. The van der Waals surface area contributed by atoms with Gasteiger partial charge in [-0.3, -0.25) is 9.59 Å². The minimum absolute atomic E-state index is 0.0182. The molecule has 4 aliphatic heterocycles. The molecule has 8 heteroatoms. The number of carbonyl (C=O) groups excluding carboxylic acids is 2. The van der Waals surface area contributed by atoms with Crippen LogP contribution >= 0.6 is 0 Å². The van der Waals surface area contributed by atoms with Crippen molar-refractivity contribution in [3.8, 4) is 0 Å². The Balaban J connectivity index is 1.49. The standard InChI is InChI=1S/C37H65NO7/c1-9-11-12-14-27(38(7)8)21-29-15-17-31(41-29)23(3)35-24(4)32-19-20-34(44-32)26(6)36(39)43-28(13-10-2)22-30-16-18-33(42-30)25(5)37(40)45-35/h23-35H,9-22H2,1-8H3. The molecule has 45 heavy (non-hydrogen) atoms. The molecule has 0 saturated carbocycles. The lowest BCUT2D eigenvalue weighted by atomic mass is 9.84. The molecule has 0 N–H and O–H groups in total. The molecule has 4 aliphatic rings. The molecular formula is C37H65NO7. The summed E-state index contributed by atoms with van der Waals surface area (Å²) in [5, 5.41) is 0. The van der Waals surface area contributed by atoms with E-state index in [1.54, 1.807) is 0 Å². The molecule has 8 nitrogen and oxygen atoms in total. The quantitative estimate of drug-likeness (QED) is 0.176. The van der Waals surface area contributed by atoms with Gasteiger partial charge in [-0.15, -0.1) is 0 Å². The van der Waals surface area contributed by atoms with E-state index in [0.717, 1.165) is 57.8 Å². The van der Waals surface area contributed by atoms with Gasteiger partial charge in [-0.05, 0) is 85.7 Å². The number of cyclic esters (lactones) is 2. The molecule has 0 aromatic rings. The van der Waals surface area contributed by atoms with Crippen LogP contribution in [0.2, 0.25) is 0 Å². The summed E-state index contributed by atoms with van der Waals surface area (Å²) in [4.78, 5) is 29.4. The number of rotatable bonds is 11. The molecular weight excluding hydrogens is 570 g/mol. The summed E-state index contributed by atoms with van der Waals surface area (Å²) in [5.41, 5.74) is 0. The van der Waals surface area contributed by atoms with E-state index in [9.17, 15) is 9.59 Å². The lowest BCUT2D eigenvalue weighted by Crippen LogP contribution is -2.44. The van der Waals surface area contributed by atoms with Crippen molar-refractivity contribution in [3.63, 3.8) is 0 Å². The molecule has 4 fully saturated rings. The second-order valence-corrected chi connectivity index (χ2v) is 15.2. The van der Waals surface area contributed by atoms with E-state index in [4.69, 9.17) is 23.7 Å².